The first kappa shape index (κ1) is 21.5. The molecule has 0 N–H and O–H groups in total. The third kappa shape index (κ3) is 3.72. The van der Waals surface area contributed by atoms with Gasteiger partial charge in [-0.25, -0.2) is 0 Å². The average Bonchev–Trinajstić information content (AvgIpc) is 3.18. The van der Waals surface area contributed by atoms with Gasteiger partial charge in [-0.05, 0) is 18.2 Å². The van der Waals surface area contributed by atoms with Gasteiger partial charge in [0.05, 0.1) is 26.9 Å². The van der Waals surface area contributed by atoms with Crippen LogP contribution in [0, 0.1) is 0 Å². The van der Waals surface area contributed by atoms with Crippen molar-refractivity contribution >= 4 is 22.7 Å². The minimum atomic E-state index is -0.137. The Morgan fingerprint density at radius 3 is 1.94 bits per heavy atom. The van der Waals surface area contributed by atoms with Crippen LogP contribution in [0.2, 0.25) is 0 Å². The van der Waals surface area contributed by atoms with Gasteiger partial charge in [-0.3, -0.25) is 9.59 Å². The first-order chi connectivity index (χ1) is 15.5. The highest BCUT2D eigenvalue weighted by atomic mass is 16.5. The highest BCUT2D eigenvalue weighted by Gasteiger charge is 2.28. The highest BCUT2D eigenvalue weighted by Crippen LogP contribution is 2.38. The van der Waals surface area contributed by atoms with Crippen LogP contribution < -0.4 is 14.2 Å². The van der Waals surface area contributed by atoms with Crippen molar-refractivity contribution in [2.45, 2.75) is 0 Å². The molecule has 4 rings (SSSR count). The van der Waals surface area contributed by atoms with Crippen LogP contribution >= 0.6 is 0 Å². The molecule has 2 aromatic carbocycles. The summed E-state index contributed by atoms with van der Waals surface area (Å²) in [6, 6.07) is 11.2. The SMILES string of the molecule is COc1cc(C(=O)N2CCN(C(=O)c3cn(C)c4ccccc34)CC2)cc(OC)c1OC. The molecule has 0 atom stereocenters. The van der Waals surface area contributed by atoms with E-state index >= 15 is 0 Å². The summed E-state index contributed by atoms with van der Waals surface area (Å²) in [4.78, 5) is 29.9. The van der Waals surface area contributed by atoms with Crippen molar-refractivity contribution in [3.8, 4) is 17.2 Å². The molecule has 2 heterocycles. The number of hydrogen-bond donors (Lipinski definition) is 0. The highest BCUT2D eigenvalue weighted by molar-refractivity contribution is 6.07. The van der Waals surface area contributed by atoms with Crippen LogP contribution in [0.5, 0.6) is 17.2 Å². The number of ether oxygens (including phenoxy) is 3. The number of carbonyl (C=O) groups excluding carboxylic acids is 2. The molecule has 0 aliphatic carbocycles. The third-order valence-electron chi connectivity index (χ3n) is 5.89. The molecule has 1 aromatic heterocycles. The molecule has 32 heavy (non-hydrogen) atoms. The van der Waals surface area contributed by atoms with Crippen LogP contribution in [0.4, 0.5) is 0 Å². The van der Waals surface area contributed by atoms with Crippen LogP contribution in [0.25, 0.3) is 10.9 Å². The lowest BCUT2D eigenvalue weighted by molar-refractivity contribution is 0.0536. The maximum atomic E-state index is 13.2. The van der Waals surface area contributed by atoms with Gasteiger partial charge in [-0.1, -0.05) is 18.2 Å². The molecule has 1 saturated heterocycles. The Balaban J connectivity index is 1.49. The number of methoxy groups -OCH3 is 3. The van der Waals surface area contributed by atoms with Gasteiger partial charge in [0.25, 0.3) is 11.8 Å². The molecule has 0 spiro atoms. The zero-order chi connectivity index (χ0) is 22.8. The molecule has 1 aliphatic rings. The Morgan fingerprint density at radius 2 is 1.38 bits per heavy atom. The number of rotatable bonds is 5. The van der Waals surface area contributed by atoms with Crippen molar-refractivity contribution in [1.82, 2.24) is 14.4 Å². The Labute approximate surface area is 186 Å². The number of piperazine rings is 1. The Morgan fingerprint density at radius 1 is 0.812 bits per heavy atom. The van der Waals surface area contributed by atoms with E-state index in [1.165, 1.54) is 21.3 Å². The summed E-state index contributed by atoms with van der Waals surface area (Å²) in [5.41, 5.74) is 2.16. The van der Waals surface area contributed by atoms with E-state index < -0.39 is 0 Å². The van der Waals surface area contributed by atoms with E-state index in [1.807, 2.05) is 42.1 Å². The fourth-order valence-electron chi connectivity index (χ4n) is 4.18. The van der Waals surface area contributed by atoms with Crippen LogP contribution in [0.15, 0.2) is 42.6 Å². The molecule has 2 amide bonds. The average molecular weight is 437 g/mol. The summed E-state index contributed by atoms with van der Waals surface area (Å²) in [6.07, 6.45) is 1.88. The van der Waals surface area contributed by atoms with Crippen LogP contribution in [-0.2, 0) is 7.05 Å². The summed E-state index contributed by atoms with van der Waals surface area (Å²) >= 11 is 0. The van der Waals surface area contributed by atoms with Gasteiger partial charge in [0.15, 0.2) is 11.5 Å². The number of amides is 2. The second-order valence-corrected chi connectivity index (χ2v) is 7.67. The molecule has 168 valence electrons. The number of carbonyl (C=O) groups is 2. The first-order valence-electron chi connectivity index (χ1n) is 10.4. The minimum Gasteiger partial charge on any atom is -0.493 e. The van der Waals surface area contributed by atoms with Crippen LogP contribution in [0.1, 0.15) is 20.7 Å². The Kier molecular flexibility index (Phi) is 5.94. The molecule has 0 saturated carbocycles. The number of fused-ring (bicyclic) bond motifs is 1. The van der Waals surface area contributed by atoms with Gasteiger partial charge in [0.1, 0.15) is 0 Å². The molecule has 0 unspecified atom stereocenters. The summed E-state index contributed by atoms with van der Waals surface area (Å²) in [6.45, 7) is 1.84. The van der Waals surface area contributed by atoms with Crippen molar-refractivity contribution in [2.75, 3.05) is 47.5 Å². The minimum absolute atomic E-state index is 0.0123. The van der Waals surface area contributed by atoms with Gasteiger partial charge >= 0.3 is 0 Å². The van der Waals surface area contributed by atoms with E-state index in [9.17, 15) is 9.59 Å². The van der Waals surface area contributed by atoms with E-state index in [4.69, 9.17) is 14.2 Å². The zero-order valence-electron chi connectivity index (χ0n) is 18.8. The Bertz CT molecular complexity index is 1140. The standard InChI is InChI=1S/C24H27N3O5/c1-25-15-18(17-7-5-6-8-19(17)25)24(29)27-11-9-26(10-12-27)23(28)16-13-20(30-2)22(32-4)21(14-16)31-3/h5-8,13-15H,9-12H2,1-4H3. The second-order valence-electron chi connectivity index (χ2n) is 7.67. The van der Waals surface area contributed by atoms with Crippen molar-refractivity contribution < 1.29 is 23.8 Å². The first-order valence-corrected chi connectivity index (χ1v) is 10.4. The van der Waals surface area contributed by atoms with Crippen molar-refractivity contribution in [1.29, 1.82) is 0 Å². The number of para-hydroxylation sites is 1. The molecule has 8 heteroatoms. The predicted molar refractivity (Wildman–Crippen MR) is 121 cm³/mol. The van der Waals surface area contributed by atoms with E-state index in [-0.39, 0.29) is 11.8 Å². The lowest BCUT2D eigenvalue weighted by Gasteiger charge is -2.35. The molecule has 8 nitrogen and oxygen atoms in total. The number of aromatic nitrogens is 1. The maximum Gasteiger partial charge on any atom is 0.256 e. The molecule has 0 radical (unpaired) electrons. The summed E-state index contributed by atoms with van der Waals surface area (Å²) in [5.74, 6) is 1.15. The number of nitrogens with zero attached hydrogens (tertiary/aromatic N) is 3. The van der Waals surface area contributed by atoms with Gasteiger partial charge in [-0.15, -0.1) is 0 Å². The Hall–Kier alpha value is -3.68. The smallest absolute Gasteiger partial charge is 0.256 e. The van der Waals surface area contributed by atoms with Crippen LogP contribution in [0.3, 0.4) is 0 Å². The summed E-state index contributed by atoms with van der Waals surface area (Å²) in [5, 5.41) is 0.941. The number of benzene rings is 2. The van der Waals surface area contributed by atoms with E-state index in [0.717, 1.165) is 10.9 Å². The lowest BCUT2D eigenvalue weighted by atomic mass is 10.1. The fraction of sp³-hybridized carbons (Fsp3) is 0.333. The quantitative estimate of drug-likeness (QED) is 0.614. The third-order valence-corrected chi connectivity index (χ3v) is 5.89. The van der Waals surface area contributed by atoms with Crippen molar-refractivity contribution in [2.24, 2.45) is 7.05 Å². The monoisotopic (exact) mass is 437 g/mol. The van der Waals surface area contributed by atoms with Crippen molar-refractivity contribution in [3.05, 3.63) is 53.7 Å². The number of aryl methyl sites for hydroxylation is 1. The van der Waals surface area contributed by atoms with Crippen molar-refractivity contribution in [3.63, 3.8) is 0 Å². The molecule has 3 aromatic rings. The predicted octanol–water partition coefficient (Wildman–Crippen LogP) is 2.80. The van der Waals surface area contributed by atoms with Gasteiger partial charge in [0.2, 0.25) is 5.75 Å². The largest absolute Gasteiger partial charge is 0.493 e. The molecule has 0 bridgehead atoms. The van der Waals surface area contributed by atoms with Gasteiger partial charge in [-0.2, -0.15) is 0 Å². The van der Waals surface area contributed by atoms with Gasteiger partial charge in [0, 0.05) is 55.9 Å². The van der Waals surface area contributed by atoms with E-state index in [0.29, 0.717) is 54.6 Å². The topological polar surface area (TPSA) is 73.2 Å². The zero-order valence-corrected chi connectivity index (χ0v) is 18.8. The maximum absolute atomic E-state index is 13.2. The summed E-state index contributed by atoms with van der Waals surface area (Å²) in [7, 11) is 6.49. The molecular weight excluding hydrogens is 410 g/mol. The molecule has 1 aliphatic heterocycles. The van der Waals surface area contributed by atoms with Gasteiger partial charge < -0.3 is 28.6 Å². The lowest BCUT2D eigenvalue weighted by Crippen LogP contribution is -2.50. The fourth-order valence-corrected chi connectivity index (χ4v) is 4.18. The van der Waals surface area contributed by atoms with E-state index in [2.05, 4.69) is 0 Å². The van der Waals surface area contributed by atoms with Crippen LogP contribution in [-0.4, -0.2) is 73.7 Å². The molecule has 1 fully saturated rings. The second kappa shape index (κ2) is 8.82. The molecular formula is C24H27N3O5. The number of hydrogen-bond acceptors (Lipinski definition) is 5. The van der Waals surface area contributed by atoms with E-state index in [1.54, 1.807) is 21.9 Å². The summed E-state index contributed by atoms with van der Waals surface area (Å²) < 4.78 is 18.0. The normalized spacial score (nSPS) is 13.9.